The second-order valence-electron chi connectivity index (χ2n) is 5.15. The third-order valence-electron chi connectivity index (χ3n) is 3.61. The fourth-order valence-electron chi connectivity index (χ4n) is 2.47. The molecule has 0 amide bonds. The third-order valence-corrected chi connectivity index (χ3v) is 3.61. The zero-order valence-corrected chi connectivity index (χ0v) is 13.9. The molecule has 2 aromatic carbocycles. The molecule has 3 rings (SSSR count). The molecule has 3 aromatic rings. The van der Waals surface area contributed by atoms with Crippen LogP contribution in [0.3, 0.4) is 0 Å². The number of nitrogens with one attached hydrogen (secondary N) is 1. The molecule has 0 atom stereocenters. The predicted octanol–water partition coefficient (Wildman–Crippen LogP) is 1.98. The van der Waals surface area contributed by atoms with E-state index >= 15 is 0 Å². The van der Waals surface area contributed by atoms with Crippen molar-refractivity contribution in [1.29, 1.82) is 0 Å². The van der Waals surface area contributed by atoms with Crippen molar-refractivity contribution in [3.8, 4) is 11.5 Å². The molecule has 7 nitrogen and oxygen atoms in total. The van der Waals surface area contributed by atoms with E-state index in [2.05, 4.69) is 10.1 Å². The van der Waals surface area contributed by atoms with Gasteiger partial charge in [-0.15, -0.1) is 4.68 Å². The van der Waals surface area contributed by atoms with Crippen LogP contribution in [0.5, 0.6) is 11.5 Å². The van der Waals surface area contributed by atoms with Crippen LogP contribution in [0.4, 0.5) is 0 Å². The number of para-hydroxylation sites is 2. The first-order valence-electron chi connectivity index (χ1n) is 7.74. The van der Waals surface area contributed by atoms with E-state index in [0.29, 0.717) is 34.6 Å². The number of ether oxygens (including phenoxy) is 2. The fourth-order valence-corrected chi connectivity index (χ4v) is 2.47. The Bertz CT molecular complexity index is 1050. The third kappa shape index (κ3) is 3.16. The molecule has 0 spiro atoms. The highest BCUT2D eigenvalue weighted by Gasteiger charge is 2.10. The van der Waals surface area contributed by atoms with Crippen molar-refractivity contribution < 1.29 is 9.47 Å². The lowest BCUT2D eigenvalue weighted by Gasteiger charge is -2.11. The Kier molecular flexibility index (Phi) is 4.65. The van der Waals surface area contributed by atoms with Gasteiger partial charge in [0.2, 0.25) is 0 Å². The first-order valence-corrected chi connectivity index (χ1v) is 7.74. The minimum Gasteiger partial charge on any atom is -0.493 e. The van der Waals surface area contributed by atoms with E-state index in [1.54, 1.807) is 42.5 Å². The van der Waals surface area contributed by atoms with Gasteiger partial charge in [0.1, 0.15) is 0 Å². The second kappa shape index (κ2) is 7.04. The zero-order valence-electron chi connectivity index (χ0n) is 13.9. The van der Waals surface area contributed by atoms with Crippen molar-refractivity contribution in [1.82, 2.24) is 9.66 Å². The maximum absolute atomic E-state index is 12.5. The molecule has 0 saturated heterocycles. The van der Waals surface area contributed by atoms with Gasteiger partial charge in [0.25, 0.3) is 5.56 Å². The quantitative estimate of drug-likeness (QED) is 0.720. The van der Waals surface area contributed by atoms with Gasteiger partial charge in [0.05, 0.1) is 30.8 Å². The zero-order chi connectivity index (χ0) is 17.8. The lowest BCUT2D eigenvalue weighted by molar-refractivity contribution is 0.310. The van der Waals surface area contributed by atoms with Gasteiger partial charge in [-0.2, -0.15) is 5.10 Å². The topological polar surface area (TPSA) is 85.7 Å². The molecule has 128 valence electrons. The summed E-state index contributed by atoms with van der Waals surface area (Å²) in [7, 11) is 1.54. The van der Waals surface area contributed by atoms with Crippen molar-refractivity contribution in [2.24, 2.45) is 5.10 Å². The summed E-state index contributed by atoms with van der Waals surface area (Å²) in [4.78, 5) is 27.3. The Hall–Kier alpha value is -3.35. The van der Waals surface area contributed by atoms with Crippen LogP contribution >= 0.6 is 0 Å². The largest absolute Gasteiger partial charge is 0.493 e. The number of benzene rings is 2. The van der Waals surface area contributed by atoms with Crippen molar-refractivity contribution in [3.63, 3.8) is 0 Å². The van der Waals surface area contributed by atoms with E-state index in [0.717, 1.165) is 4.68 Å². The van der Waals surface area contributed by atoms with Gasteiger partial charge in [-0.3, -0.25) is 4.79 Å². The molecule has 0 bridgehead atoms. The second-order valence-corrected chi connectivity index (χ2v) is 5.15. The summed E-state index contributed by atoms with van der Waals surface area (Å²) in [5.41, 5.74) is -0.0294. The molecule has 1 N–H and O–H groups in total. The van der Waals surface area contributed by atoms with Gasteiger partial charge in [-0.25, -0.2) is 4.79 Å². The Morgan fingerprint density at radius 3 is 2.72 bits per heavy atom. The van der Waals surface area contributed by atoms with E-state index in [1.807, 2.05) is 6.92 Å². The van der Waals surface area contributed by atoms with Crippen LogP contribution in [0.1, 0.15) is 12.5 Å². The van der Waals surface area contributed by atoms with Crippen molar-refractivity contribution >= 4 is 17.1 Å². The van der Waals surface area contributed by atoms with E-state index in [9.17, 15) is 9.59 Å². The van der Waals surface area contributed by atoms with Gasteiger partial charge in [0.15, 0.2) is 11.5 Å². The molecule has 25 heavy (non-hydrogen) atoms. The Morgan fingerprint density at radius 2 is 1.96 bits per heavy atom. The summed E-state index contributed by atoms with van der Waals surface area (Å²) in [5, 5.41) is 4.43. The van der Waals surface area contributed by atoms with Gasteiger partial charge >= 0.3 is 5.69 Å². The lowest BCUT2D eigenvalue weighted by atomic mass is 10.2. The highest BCUT2D eigenvalue weighted by molar-refractivity contribution is 5.85. The van der Waals surface area contributed by atoms with Crippen LogP contribution in [-0.4, -0.2) is 29.6 Å². The summed E-state index contributed by atoms with van der Waals surface area (Å²) in [5.74, 6) is 1.05. The number of aromatic nitrogens is 2. The maximum Gasteiger partial charge on any atom is 0.349 e. The molecule has 1 heterocycles. The van der Waals surface area contributed by atoms with Crippen LogP contribution in [0.25, 0.3) is 10.9 Å². The van der Waals surface area contributed by atoms with Crippen LogP contribution in [-0.2, 0) is 0 Å². The van der Waals surface area contributed by atoms with E-state index < -0.39 is 11.2 Å². The highest BCUT2D eigenvalue weighted by Crippen LogP contribution is 2.29. The molecule has 0 aliphatic rings. The molecule has 1 aromatic heterocycles. The number of H-pyrrole nitrogens is 1. The summed E-state index contributed by atoms with van der Waals surface area (Å²) >= 11 is 0. The van der Waals surface area contributed by atoms with Gasteiger partial charge < -0.3 is 14.5 Å². The highest BCUT2D eigenvalue weighted by atomic mass is 16.5. The van der Waals surface area contributed by atoms with Crippen molar-refractivity contribution in [3.05, 3.63) is 68.9 Å². The van der Waals surface area contributed by atoms with Crippen molar-refractivity contribution in [2.45, 2.75) is 6.92 Å². The average molecular weight is 339 g/mol. The number of hydrogen-bond acceptors (Lipinski definition) is 5. The smallest absolute Gasteiger partial charge is 0.349 e. The number of fused-ring (bicyclic) bond motifs is 1. The van der Waals surface area contributed by atoms with Crippen LogP contribution < -0.4 is 20.7 Å². The normalized spacial score (nSPS) is 11.1. The Labute approximate surface area is 143 Å². The van der Waals surface area contributed by atoms with Gasteiger partial charge in [0, 0.05) is 5.56 Å². The van der Waals surface area contributed by atoms with Crippen LogP contribution in [0, 0.1) is 0 Å². The van der Waals surface area contributed by atoms with Crippen LogP contribution in [0.2, 0.25) is 0 Å². The SMILES string of the molecule is CCOc1c(C=Nn2c(=O)[nH]c3ccccc3c2=O)cccc1OC. The summed E-state index contributed by atoms with van der Waals surface area (Å²) in [6.45, 7) is 2.30. The summed E-state index contributed by atoms with van der Waals surface area (Å²) < 4.78 is 11.7. The molecule has 0 saturated carbocycles. The molecular formula is C18H17N3O4. The maximum atomic E-state index is 12.5. The first kappa shape index (κ1) is 16.5. The van der Waals surface area contributed by atoms with Crippen molar-refractivity contribution in [2.75, 3.05) is 13.7 Å². The number of aromatic amines is 1. The predicted molar refractivity (Wildman–Crippen MR) is 96.0 cm³/mol. The number of hydrogen-bond donors (Lipinski definition) is 1. The monoisotopic (exact) mass is 339 g/mol. The van der Waals surface area contributed by atoms with E-state index in [4.69, 9.17) is 9.47 Å². The van der Waals surface area contributed by atoms with Gasteiger partial charge in [-0.1, -0.05) is 18.2 Å². The summed E-state index contributed by atoms with van der Waals surface area (Å²) in [6.07, 6.45) is 1.40. The standard InChI is InChI=1S/C18H17N3O4/c1-3-25-16-12(7-6-10-15(16)24-2)11-19-21-17(22)13-8-4-5-9-14(13)20-18(21)23/h4-11H,3H2,1-2H3,(H,20,23). The number of methoxy groups -OCH3 is 1. The molecule has 7 heteroatoms. The van der Waals surface area contributed by atoms with E-state index in [1.165, 1.54) is 13.3 Å². The summed E-state index contributed by atoms with van der Waals surface area (Å²) in [6, 6.07) is 12.1. The average Bonchev–Trinajstić information content (AvgIpc) is 2.62. The van der Waals surface area contributed by atoms with E-state index in [-0.39, 0.29) is 0 Å². The molecule has 0 aliphatic carbocycles. The molecule has 0 radical (unpaired) electrons. The lowest BCUT2D eigenvalue weighted by Crippen LogP contribution is -2.32. The molecule has 0 fully saturated rings. The number of rotatable bonds is 5. The Morgan fingerprint density at radius 1 is 1.16 bits per heavy atom. The first-order chi connectivity index (χ1) is 12.2. The Balaban J connectivity index is 2.11. The minimum absolute atomic E-state index is 0.384. The van der Waals surface area contributed by atoms with Crippen LogP contribution in [0.15, 0.2) is 57.2 Å². The molecule has 0 unspecified atom stereocenters. The molecular weight excluding hydrogens is 322 g/mol. The number of nitrogens with zero attached hydrogens (tertiary/aromatic N) is 2. The molecule has 0 aliphatic heterocycles. The fraction of sp³-hybridized carbons (Fsp3) is 0.167. The van der Waals surface area contributed by atoms with Gasteiger partial charge in [-0.05, 0) is 31.2 Å². The minimum atomic E-state index is -0.610.